The highest BCUT2D eigenvalue weighted by Crippen LogP contribution is 2.11. The fourth-order valence-electron chi connectivity index (χ4n) is 1.63. The lowest BCUT2D eigenvalue weighted by Crippen LogP contribution is -2.24. The molecule has 0 saturated heterocycles. The molecule has 17 heavy (non-hydrogen) atoms. The number of rotatable bonds is 6. The summed E-state index contributed by atoms with van der Waals surface area (Å²) in [6, 6.07) is 7.22. The number of nitrogens with two attached hydrogens (primary N) is 1. The molecule has 1 rings (SSSR count). The number of nitrogen functional groups attached to an aromatic ring is 1. The summed E-state index contributed by atoms with van der Waals surface area (Å²) in [6.45, 7) is 3.93. The van der Waals surface area contributed by atoms with E-state index in [1.165, 1.54) is 0 Å². The van der Waals surface area contributed by atoms with Crippen molar-refractivity contribution in [3.05, 3.63) is 24.3 Å². The van der Waals surface area contributed by atoms with Gasteiger partial charge < -0.3 is 16.0 Å². The number of carbonyl (C=O) groups is 1. The van der Waals surface area contributed by atoms with Gasteiger partial charge in [-0.3, -0.25) is 4.79 Å². The standard InChI is InChI=1S/C13H21N3O/c1-3-8-16(2)9-7-13(17)15-12-6-4-5-11(14)10-12/h4-6,10H,3,7-9,14H2,1-2H3,(H,15,17). The van der Waals surface area contributed by atoms with Crippen LogP contribution in [0, 0.1) is 0 Å². The molecule has 1 aromatic carbocycles. The highest BCUT2D eigenvalue weighted by molar-refractivity contribution is 5.91. The van der Waals surface area contributed by atoms with E-state index in [2.05, 4.69) is 17.1 Å². The molecule has 0 fully saturated rings. The van der Waals surface area contributed by atoms with Crippen molar-refractivity contribution < 1.29 is 4.79 Å². The third-order valence-corrected chi connectivity index (χ3v) is 2.50. The Hall–Kier alpha value is -1.55. The van der Waals surface area contributed by atoms with Gasteiger partial charge >= 0.3 is 0 Å². The lowest BCUT2D eigenvalue weighted by atomic mass is 10.2. The van der Waals surface area contributed by atoms with Crippen LogP contribution in [0.25, 0.3) is 0 Å². The van der Waals surface area contributed by atoms with Crippen LogP contribution >= 0.6 is 0 Å². The zero-order chi connectivity index (χ0) is 12.7. The number of hydrogen-bond donors (Lipinski definition) is 2. The lowest BCUT2D eigenvalue weighted by molar-refractivity contribution is -0.116. The Bertz CT molecular complexity index is 365. The molecule has 1 aromatic rings. The van der Waals surface area contributed by atoms with Crippen LogP contribution in [0.1, 0.15) is 19.8 Å². The van der Waals surface area contributed by atoms with E-state index in [0.717, 1.165) is 25.2 Å². The first-order valence-corrected chi connectivity index (χ1v) is 5.95. The fraction of sp³-hybridized carbons (Fsp3) is 0.462. The van der Waals surface area contributed by atoms with Gasteiger partial charge in [0.1, 0.15) is 0 Å². The first kappa shape index (κ1) is 13.5. The van der Waals surface area contributed by atoms with E-state index in [9.17, 15) is 4.79 Å². The molecular formula is C13H21N3O. The van der Waals surface area contributed by atoms with Crippen LogP contribution in [0.5, 0.6) is 0 Å². The molecule has 0 aliphatic carbocycles. The largest absolute Gasteiger partial charge is 0.399 e. The van der Waals surface area contributed by atoms with Crippen molar-refractivity contribution >= 4 is 17.3 Å². The van der Waals surface area contributed by atoms with Crippen LogP contribution in [0.15, 0.2) is 24.3 Å². The van der Waals surface area contributed by atoms with Crippen LogP contribution in [0.2, 0.25) is 0 Å². The topological polar surface area (TPSA) is 58.4 Å². The minimum absolute atomic E-state index is 0.0264. The predicted molar refractivity (Wildman–Crippen MR) is 71.9 cm³/mol. The van der Waals surface area contributed by atoms with E-state index in [1.807, 2.05) is 19.2 Å². The number of carbonyl (C=O) groups excluding carboxylic acids is 1. The van der Waals surface area contributed by atoms with Gasteiger partial charge in [0.2, 0.25) is 5.91 Å². The van der Waals surface area contributed by atoms with E-state index in [0.29, 0.717) is 12.1 Å². The summed E-state index contributed by atoms with van der Waals surface area (Å²) in [5.41, 5.74) is 7.05. The van der Waals surface area contributed by atoms with Gasteiger partial charge in [-0.15, -0.1) is 0 Å². The second-order valence-electron chi connectivity index (χ2n) is 4.23. The maximum absolute atomic E-state index is 11.7. The molecule has 0 atom stereocenters. The second kappa shape index (κ2) is 6.91. The first-order chi connectivity index (χ1) is 8.11. The maximum Gasteiger partial charge on any atom is 0.225 e. The van der Waals surface area contributed by atoms with Gasteiger partial charge in [-0.1, -0.05) is 13.0 Å². The number of hydrogen-bond acceptors (Lipinski definition) is 3. The van der Waals surface area contributed by atoms with Crippen LogP contribution in [0.4, 0.5) is 11.4 Å². The van der Waals surface area contributed by atoms with Gasteiger partial charge in [-0.2, -0.15) is 0 Å². The summed E-state index contributed by atoms with van der Waals surface area (Å²) in [7, 11) is 2.03. The molecular weight excluding hydrogens is 214 g/mol. The summed E-state index contributed by atoms with van der Waals surface area (Å²) < 4.78 is 0. The van der Waals surface area contributed by atoms with E-state index in [4.69, 9.17) is 5.73 Å². The summed E-state index contributed by atoms with van der Waals surface area (Å²) >= 11 is 0. The summed E-state index contributed by atoms with van der Waals surface area (Å²) in [5, 5.41) is 2.83. The van der Waals surface area contributed by atoms with Gasteiger partial charge in [-0.05, 0) is 38.2 Å². The molecule has 0 aliphatic heterocycles. The van der Waals surface area contributed by atoms with Crippen molar-refractivity contribution in [2.45, 2.75) is 19.8 Å². The maximum atomic E-state index is 11.7. The van der Waals surface area contributed by atoms with Crippen molar-refractivity contribution in [3.8, 4) is 0 Å². The molecule has 0 aliphatic rings. The van der Waals surface area contributed by atoms with E-state index in [1.54, 1.807) is 12.1 Å². The Morgan fingerprint density at radius 1 is 1.41 bits per heavy atom. The molecule has 0 bridgehead atoms. The van der Waals surface area contributed by atoms with Crippen molar-refractivity contribution in [3.63, 3.8) is 0 Å². The highest BCUT2D eigenvalue weighted by atomic mass is 16.1. The number of anilines is 2. The third kappa shape index (κ3) is 5.36. The molecule has 4 nitrogen and oxygen atoms in total. The Labute approximate surface area is 103 Å². The molecule has 0 spiro atoms. The van der Waals surface area contributed by atoms with Gasteiger partial charge in [0.05, 0.1) is 0 Å². The Kier molecular flexibility index (Phi) is 5.49. The Morgan fingerprint density at radius 2 is 2.18 bits per heavy atom. The molecule has 3 N–H and O–H groups in total. The summed E-state index contributed by atoms with van der Waals surface area (Å²) in [6.07, 6.45) is 1.61. The van der Waals surface area contributed by atoms with Crippen molar-refractivity contribution in [1.82, 2.24) is 4.90 Å². The SMILES string of the molecule is CCCN(C)CCC(=O)Nc1cccc(N)c1. The molecule has 0 unspecified atom stereocenters. The number of nitrogens with zero attached hydrogens (tertiary/aromatic N) is 1. The minimum Gasteiger partial charge on any atom is -0.399 e. The monoisotopic (exact) mass is 235 g/mol. The van der Waals surface area contributed by atoms with Crippen molar-refractivity contribution in [2.24, 2.45) is 0 Å². The summed E-state index contributed by atoms with van der Waals surface area (Å²) in [4.78, 5) is 13.8. The predicted octanol–water partition coefficient (Wildman–Crippen LogP) is 1.94. The fourth-order valence-corrected chi connectivity index (χ4v) is 1.63. The molecule has 1 amide bonds. The third-order valence-electron chi connectivity index (χ3n) is 2.50. The Morgan fingerprint density at radius 3 is 2.82 bits per heavy atom. The number of amides is 1. The van der Waals surface area contributed by atoms with Crippen LogP contribution < -0.4 is 11.1 Å². The molecule has 94 valence electrons. The minimum atomic E-state index is 0.0264. The zero-order valence-corrected chi connectivity index (χ0v) is 10.6. The molecule has 0 saturated carbocycles. The molecule has 0 heterocycles. The zero-order valence-electron chi connectivity index (χ0n) is 10.6. The van der Waals surface area contributed by atoms with Gasteiger partial charge in [-0.25, -0.2) is 0 Å². The van der Waals surface area contributed by atoms with Crippen molar-refractivity contribution in [2.75, 3.05) is 31.2 Å². The molecule has 4 heteroatoms. The van der Waals surface area contributed by atoms with E-state index >= 15 is 0 Å². The number of benzene rings is 1. The van der Waals surface area contributed by atoms with Crippen LogP contribution in [-0.2, 0) is 4.79 Å². The highest BCUT2D eigenvalue weighted by Gasteiger charge is 2.04. The Balaban J connectivity index is 2.34. The normalized spacial score (nSPS) is 10.5. The number of nitrogens with one attached hydrogen (secondary N) is 1. The van der Waals surface area contributed by atoms with Gasteiger partial charge in [0, 0.05) is 24.3 Å². The van der Waals surface area contributed by atoms with Crippen LogP contribution in [0.3, 0.4) is 0 Å². The average Bonchev–Trinajstić information content (AvgIpc) is 2.27. The molecule has 0 radical (unpaired) electrons. The average molecular weight is 235 g/mol. The molecule has 0 aromatic heterocycles. The van der Waals surface area contributed by atoms with E-state index < -0.39 is 0 Å². The van der Waals surface area contributed by atoms with Crippen molar-refractivity contribution in [1.29, 1.82) is 0 Å². The first-order valence-electron chi connectivity index (χ1n) is 5.95. The lowest BCUT2D eigenvalue weighted by Gasteiger charge is -2.14. The van der Waals surface area contributed by atoms with Gasteiger partial charge in [0.15, 0.2) is 0 Å². The van der Waals surface area contributed by atoms with E-state index in [-0.39, 0.29) is 5.91 Å². The second-order valence-corrected chi connectivity index (χ2v) is 4.23. The summed E-state index contributed by atoms with van der Waals surface area (Å²) in [5.74, 6) is 0.0264. The quantitative estimate of drug-likeness (QED) is 0.741. The van der Waals surface area contributed by atoms with Gasteiger partial charge in [0.25, 0.3) is 0 Å². The smallest absolute Gasteiger partial charge is 0.225 e. The van der Waals surface area contributed by atoms with Crippen LogP contribution in [-0.4, -0.2) is 30.9 Å².